The molecule has 3 aromatic rings. The molecule has 1 aliphatic heterocycles. The van der Waals surface area contributed by atoms with Crippen LogP contribution in [-0.2, 0) is 0 Å². The van der Waals surface area contributed by atoms with Crippen molar-refractivity contribution < 1.29 is 0 Å². The summed E-state index contributed by atoms with van der Waals surface area (Å²) in [4.78, 5) is 15.6. The van der Waals surface area contributed by atoms with Gasteiger partial charge in [0.1, 0.15) is 0 Å². The number of piperidine rings is 1. The minimum Gasteiger partial charge on any atom is -0.371 e. The molecule has 5 heteroatoms. The van der Waals surface area contributed by atoms with Crippen molar-refractivity contribution in [3.8, 4) is 0 Å². The minimum absolute atomic E-state index is 0.226. The van der Waals surface area contributed by atoms with Gasteiger partial charge in [0, 0.05) is 54.8 Å². The van der Waals surface area contributed by atoms with E-state index in [1.807, 2.05) is 24.5 Å². The van der Waals surface area contributed by atoms with Gasteiger partial charge in [-0.25, -0.2) is 9.97 Å². The third-order valence-electron chi connectivity index (χ3n) is 4.94. The zero-order valence-corrected chi connectivity index (χ0v) is 14.5. The second kappa shape index (κ2) is 7.15. The summed E-state index contributed by atoms with van der Waals surface area (Å²) < 4.78 is 0. The lowest BCUT2D eigenvalue weighted by molar-refractivity contribution is 0.378. The third kappa shape index (κ3) is 3.61. The maximum absolute atomic E-state index is 4.71. The summed E-state index contributed by atoms with van der Waals surface area (Å²) >= 11 is 0. The van der Waals surface area contributed by atoms with Crippen LogP contribution in [0, 0.1) is 0 Å². The van der Waals surface area contributed by atoms with Gasteiger partial charge < -0.3 is 10.2 Å². The maximum atomic E-state index is 4.71. The quantitative estimate of drug-likeness (QED) is 0.793. The highest BCUT2D eigenvalue weighted by atomic mass is 15.2. The van der Waals surface area contributed by atoms with E-state index in [4.69, 9.17) is 4.98 Å². The predicted molar refractivity (Wildman–Crippen MR) is 101 cm³/mol. The summed E-state index contributed by atoms with van der Waals surface area (Å²) in [6, 6.07) is 13.1. The van der Waals surface area contributed by atoms with Crippen molar-refractivity contribution in [2.45, 2.75) is 31.8 Å². The average Bonchev–Trinajstić information content (AvgIpc) is 2.69. The molecule has 1 unspecified atom stereocenters. The number of nitrogens with one attached hydrogen (secondary N) is 1. The smallest absolute Gasteiger partial charge is 0.159 e. The highest BCUT2D eigenvalue weighted by molar-refractivity contribution is 5.74. The number of aromatic nitrogens is 3. The molecule has 1 N–H and O–H groups in total. The van der Waals surface area contributed by atoms with Crippen LogP contribution in [0.15, 0.2) is 55.0 Å². The summed E-state index contributed by atoms with van der Waals surface area (Å²) in [5, 5.41) is 4.83. The molecular formula is C20H23N5. The van der Waals surface area contributed by atoms with Crippen LogP contribution in [0.1, 0.15) is 31.5 Å². The van der Waals surface area contributed by atoms with Gasteiger partial charge in [-0.3, -0.25) is 4.98 Å². The Labute approximate surface area is 148 Å². The molecule has 0 aromatic carbocycles. The second-order valence-corrected chi connectivity index (χ2v) is 6.64. The lowest BCUT2D eigenvalue weighted by atomic mass is 10.0. The van der Waals surface area contributed by atoms with E-state index in [0.717, 1.165) is 42.7 Å². The molecule has 5 nitrogen and oxygen atoms in total. The lowest BCUT2D eigenvalue weighted by Gasteiger charge is -2.35. The lowest BCUT2D eigenvalue weighted by Crippen LogP contribution is -2.43. The van der Waals surface area contributed by atoms with Crippen molar-refractivity contribution in [1.29, 1.82) is 0 Å². The Morgan fingerprint density at radius 2 is 1.84 bits per heavy atom. The molecule has 3 aromatic heterocycles. The predicted octanol–water partition coefficient (Wildman–Crippen LogP) is 3.34. The van der Waals surface area contributed by atoms with E-state index in [1.165, 1.54) is 5.69 Å². The fraction of sp³-hybridized carbons (Fsp3) is 0.350. The van der Waals surface area contributed by atoms with E-state index in [2.05, 4.69) is 51.4 Å². The van der Waals surface area contributed by atoms with Gasteiger partial charge in [0.25, 0.3) is 0 Å². The summed E-state index contributed by atoms with van der Waals surface area (Å²) in [5.41, 5.74) is 3.15. The molecule has 25 heavy (non-hydrogen) atoms. The largest absolute Gasteiger partial charge is 0.371 e. The van der Waals surface area contributed by atoms with E-state index in [9.17, 15) is 0 Å². The van der Waals surface area contributed by atoms with Crippen LogP contribution < -0.4 is 10.2 Å². The van der Waals surface area contributed by atoms with E-state index >= 15 is 0 Å². The molecule has 1 aliphatic rings. The summed E-state index contributed by atoms with van der Waals surface area (Å²) in [5.74, 6) is 0. The second-order valence-electron chi connectivity index (χ2n) is 6.64. The van der Waals surface area contributed by atoms with Crippen LogP contribution in [-0.4, -0.2) is 34.1 Å². The van der Waals surface area contributed by atoms with E-state index < -0.39 is 0 Å². The molecule has 4 rings (SSSR count). The van der Waals surface area contributed by atoms with Crippen molar-refractivity contribution >= 4 is 16.7 Å². The highest BCUT2D eigenvalue weighted by Gasteiger charge is 2.21. The van der Waals surface area contributed by atoms with Gasteiger partial charge in [0.2, 0.25) is 0 Å². The van der Waals surface area contributed by atoms with Gasteiger partial charge in [0.05, 0.1) is 5.69 Å². The zero-order chi connectivity index (χ0) is 17.1. The number of hydrogen-bond acceptors (Lipinski definition) is 5. The topological polar surface area (TPSA) is 53.9 Å². The molecule has 0 bridgehead atoms. The summed E-state index contributed by atoms with van der Waals surface area (Å²) in [7, 11) is 0. The van der Waals surface area contributed by atoms with Crippen LogP contribution in [0.2, 0.25) is 0 Å². The van der Waals surface area contributed by atoms with Gasteiger partial charge >= 0.3 is 0 Å². The SMILES string of the molecule is CC(NC1CCN(c2ccncc2)CC1)c1ccc2cccnc2n1. The molecule has 0 spiro atoms. The third-order valence-corrected chi connectivity index (χ3v) is 4.94. The Bertz CT molecular complexity index is 828. The first kappa shape index (κ1) is 16.0. The molecule has 4 heterocycles. The Kier molecular flexibility index (Phi) is 4.57. The fourth-order valence-electron chi connectivity index (χ4n) is 3.51. The minimum atomic E-state index is 0.226. The van der Waals surface area contributed by atoms with Crippen molar-refractivity contribution in [1.82, 2.24) is 20.3 Å². The Morgan fingerprint density at radius 3 is 2.64 bits per heavy atom. The number of fused-ring (bicyclic) bond motifs is 1. The van der Waals surface area contributed by atoms with Crippen molar-refractivity contribution in [3.05, 3.63) is 60.7 Å². The molecule has 0 saturated carbocycles. The molecule has 1 saturated heterocycles. The van der Waals surface area contributed by atoms with Crippen LogP contribution in [0.3, 0.4) is 0 Å². The summed E-state index contributed by atoms with van der Waals surface area (Å²) in [6.45, 7) is 4.33. The number of nitrogens with zero attached hydrogens (tertiary/aromatic N) is 4. The van der Waals surface area contributed by atoms with E-state index in [1.54, 1.807) is 6.20 Å². The Hall–Kier alpha value is -2.53. The molecule has 0 radical (unpaired) electrons. The van der Waals surface area contributed by atoms with Crippen LogP contribution in [0.4, 0.5) is 5.69 Å². The highest BCUT2D eigenvalue weighted by Crippen LogP contribution is 2.21. The standard InChI is InChI=1S/C20H23N5/c1-15(19-5-4-16-3-2-10-22-20(16)24-19)23-17-8-13-25(14-9-17)18-6-11-21-12-7-18/h2-7,10-12,15,17,23H,8-9,13-14H2,1H3. The van der Waals surface area contributed by atoms with Crippen LogP contribution >= 0.6 is 0 Å². The molecule has 0 aliphatic carbocycles. The van der Waals surface area contributed by atoms with Gasteiger partial charge in [-0.05, 0) is 56.2 Å². The Morgan fingerprint density at radius 1 is 1.04 bits per heavy atom. The van der Waals surface area contributed by atoms with Crippen molar-refractivity contribution in [2.75, 3.05) is 18.0 Å². The van der Waals surface area contributed by atoms with Gasteiger partial charge in [0.15, 0.2) is 5.65 Å². The van der Waals surface area contributed by atoms with Crippen molar-refractivity contribution in [3.63, 3.8) is 0 Å². The normalized spacial score (nSPS) is 16.9. The first-order valence-electron chi connectivity index (χ1n) is 8.92. The molecule has 0 amide bonds. The number of rotatable bonds is 4. The first-order valence-corrected chi connectivity index (χ1v) is 8.92. The zero-order valence-electron chi connectivity index (χ0n) is 14.5. The van der Waals surface area contributed by atoms with Crippen LogP contribution in [0.5, 0.6) is 0 Å². The van der Waals surface area contributed by atoms with E-state index in [-0.39, 0.29) is 6.04 Å². The number of anilines is 1. The van der Waals surface area contributed by atoms with Crippen LogP contribution in [0.25, 0.3) is 11.0 Å². The molecule has 1 fully saturated rings. The number of hydrogen-bond donors (Lipinski definition) is 1. The molecule has 1 atom stereocenters. The molecular weight excluding hydrogens is 310 g/mol. The van der Waals surface area contributed by atoms with Gasteiger partial charge in [-0.1, -0.05) is 0 Å². The van der Waals surface area contributed by atoms with Gasteiger partial charge in [-0.15, -0.1) is 0 Å². The molecule has 128 valence electrons. The fourth-order valence-corrected chi connectivity index (χ4v) is 3.51. The maximum Gasteiger partial charge on any atom is 0.159 e. The van der Waals surface area contributed by atoms with E-state index in [0.29, 0.717) is 6.04 Å². The average molecular weight is 333 g/mol. The first-order chi connectivity index (χ1) is 12.3. The van der Waals surface area contributed by atoms with Crippen molar-refractivity contribution in [2.24, 2.45) is 0 Å². The van der Waals surface area contributed by atoms with Gasteiger partial charge in [-0.2, -0.15) is 0 Å². The monoisotopic (exact) mass is 333 g/mol. The number of pyridine rings is 3. The Balaban J connectivity index is 1.37. The summed E-state index contributed by atoms with van der Waals surface area (Å²) in [6.07, 6.45) is 7.80.